The molecule has 1 N–H and O–H groups in total. The molecule has 0 saturated carbocycles. The Morgan fingerprint density at radius 2 is 2.22 bits per heavy atom. The second-order valence-electron chi connectivity index (χ2n) is 4.12. The standard InChI is InChI=1S/C13H11BrN2O2/c1-16-6-5-10(15-16)12(17)11-7-8-3-2-4-9(14)13(8)18-11/h2-7,12,17H,1H3. The molecule has 3 aromatic rings. The van der Waals surface area contributed by atoms with Crippen LogP contribution < -0.4 is 0 Å². The van der Waals surface area contributed by atoms with Gasteiger partial charge in [-0.25, -0.2) is 0 Å². The second-order valence-corrected chi connectivity index (χ2v) is 4.98. The number of halogens is 1. The molecule has 0 saturated heterocycles. The number of aromatic nitrogens is 2. The van der Waals surface area contributed by atoms with Crippen LogP contribution in [0.2, 0.25) is 0 Å². The average molecular weight is 307 g/mol. The number of aryl methyl sites for hydroxylation is 1. The third-order valence-electron chi connectivity index (χ3n) is 2.80. The lowest BCUT2D eigenvalue weighted by Gasteiger charge is -2.02. The van der Waals surface area contributed by atoms with Gasteiger partial charge in [-0.3, -0.25) is 4.68 Å². The summed E-state index contributed by atoms with van der Waals surface area (Å²) >= 11 is 3.42. The van der Waals surface area contributed by atoms with E-state index in [2.05, 4.69) is 21.0 Å². The Hall–Kier alpha value is -1.59. The predicted molar refractivity (Wildman–Crippen MR) is 71.2 cm³/mol. The fourth-order valence-corrected chi connectivity index (χ4v) is 2.37. The van der Waals surface area contributed by atoms with E-state index < -0.39 is 6.10 Å². The first-order valence-electron chi connectivity index (χ1n) is 5.51. The maximum Gasteiger partial charge on any atom is 0.155 e. The van der Waals surface area contributed by atoms with Crippen molar-refractivity contribution in [2.24, 2.45) is 7.05 Å². The van der Waals surface area contributed by atoms with Gasteiger partial charge in [-0.1, -0.05) is 12.1 Å². The average Bonchev–Trinajstić information content (AvgIpc) is 2.95. The van der Waals surface area contributed by atoms with E-state index in [1.165, 1.54) is 0 Å². The second kappa shape index (κ2) is 4.26. The normalized spacial score (nSPS) is 13.1. The van der Waals surface area contributed by atoms with Gasteiger partial charge in [-0.05, 0) is 34.1 Å². The molecule has 1 atom stereocenters. The molecule has 1 aromatic carbocycles. The molecular weight excluding hydrogens is 296 g/mol. The Kier molecular flexibility index (Phi) is 2.72. The zero-order valence-corrected chi connectivity index (χ0v) is 11.3. The molecule has 5 heteroatoms. The Labute approximate surface area is 112 Å². The maximum atomic E-state index is 10.2. The van der Waals surface area contributed by atoms with Crippen molar-refractivity contribution in [2.75, 3.05) is 0 Å². The van der Waals surface area contributed by atoms with E-state index in [0.717, 1.165) is 15.4 Å². The molecule has 0 aliphatic heterocycles. The molecule has 0 fully saturated rings. The lowest BCUT2D eigenvalue weighted by molar-refractivity contribution is 0.187. The lowest BCUT2D eigenvalue weighted by Crippen LogP contribution is -2.00. The van der Waals surface area contributed by atoms with Crippen molar-refractivity contribution >= 4 is 26.9 Å². The van der Waals surface area contributed by atoms with Gasteiger partial charge < -0.3 is 9.52 Å². The summed E-state index contributed by atoms with van der Waals surface area (Å²) in [6, 6.07) is 9.38. The van der Waals surface area contributed by atoms with Crippen LogP contribution in [0.3, 0.4) is 0 Å². The summed E-state index contributed by atoms with van der Waals surface area (Å²) in [5.41, 5.74) is 1.31. The molecule has 0 spiro atoms. The molecule has 18 heavy (non-hydrogen) atoms. The highest BCUT2D eigenvalue weighted by Crippen LogP contribution is 2.31. The first-order valence-corrected chi connectivity index (χ1v) is 6.30. The molecule has 1 unspecified atom stereocenters. The summed E-state index contributed by atoms with van der Waals surface area (Å²) in [5, 5.41) is 15.3. The molecule has 0 bridgehead atoms. The number of hydrogen-bond acceptors (Lipinski definition) is 3. The van der Waals surface area contributed by atoms with Crippen molar-refractivity contribution in [2.45, 2.75) is 6.10 Å². The van der Waals surface area contributed by atoms with E-state index >= 15 is 0 Å². The van der Waals surface area contributed by atoms with E-state index in [4.69, 9.17) is 4.42 Å². The fourth-order valence-electron chi connectivity index (χ4n) is 1.91. The van der Waals surface area contributed by atoms with Crippen LogP contribution >= 0.6 is 15.9 Å². The van der Waals surface area contributed by atoms with Crippen molar-refractivity contribution in [3.63, 3.8) is 0 Å². The zero-order chi connectivity index (χ0) is 12.7. The van der Waals surface area contributed by atoms with Gasteiger partial charge in [0, 0.05) is 18.6 Å². The Morgan fingerprint density at radius 1 is 1.39 bits per heavy atom. The number of aliphatic hydroxyl groups excluding tert-OH is 1. The monoisotopic (exact) mass is 306 g/mol. The molecule has 0 aliphatic carbocycles. The molecule has 4 nitrogen and oxygen atoms in total. The van der Waals surface area contributed by atoms with Crippen molar-refractivity contribution in [1.82, 2.24) is 9.78 Å². The predicted octanol–water partition coefficient (Wildman–Crippen LogP) is 3.01. The minimum Gasteiger partial charge on any atom is -0.457 e. The van der Waals surface area contributed by atoms with Crippen LogP contribution in [0, 0.1) is 0 Å². The molecule has 2 aromatic heterocycles. The fraction of sp³-hybridized carbons (Fsp3) is 0.154. The quantitative estimate of drug-likeness (QED) is 0.792. The molecule has 92 valence electrons. The van der Waals surface area contributed by atoms with Crippen LogP contribution in [0.1, 0.15) is 17.6 Å². The van der Waals surface area contributed by atoms with Crippen LogP contribution in [0.4, 0.5) is 0 Å². The molecule has 0 radical (unpaired) electrons. The summed E-state index contributed by atoms with van der Waals surface area (Å²) in [4.78, 5) is 0. The van der Waals surface area contributed by atoms with Gasteiger partial charge in [0.05, 0.1) is 10.2 Å². The smallest absolute Gasteiger partial charge is 0.155 e. The number of hydrogen-bond donors (Lipinski definition) is 1. The van der Waals surface area contributed by atoms with Crippen LogP contribution in [0.5, 0.6) is 0 Å². The minimum absolute atomic E-state index is 0.496. The van der Waals surface area contributed by atoms with Crippen LogP contribution in [-0.2, 0) is 7.05 Å². The van der Waals surface area contributed by atoms with Gasteiger partial charge in [0.15, 0.2) is 6.10 Å². The zero-order valence-electron chi connectivity index (χ0n) is 9.67. The van der Waals surface area contributed by atoms with Crippen molar-refractivity contribution < 1.29 is 9.52 Å². The number of fused-ring (bicyclic) bond motifs is 1. The molecule has 2 heterocycles. The van der Waals surface area contributed by atoms with Crippen LogP contribution in [-0.4, -0.2) is 14.9 Å². The van der Waals surface area contributed by atoms with Gasteiger partial charge >= 0.3 is 0 Å². The first kappa shape index (κ1) is 11.5. The third kappa shape index (κ3) is 1.85. The Morgan fingerprint density at radius 3 is 2.89 bits per heavy atom. The number of furan rings is 1. The maximum absolute atomic E-state index is 10.2. The van der Waals surface area contributed by atoms with Gasteiger partial charge in [-0.15, -0.1) is 0 Å². The van der Waals surface area contributed by atoms with Gasteiger partial charge in [0.25, 0.3) is 0 Å². The highest BCUT2D eigenvalue weighted by atomic mass is 79.9. The summed E-state index contributed by atoms with van der Waals surface area (Å²) in [6.07, 6.45) is 0.947. The van der Waals surface area contributed by atoms with E-state index in [9.17, 15) is 5.11 Å². The largest absolute Gasteiger partial charge is 0.457 e. The van der Waals surface area contributed by atoms with Crippen molar-refractivity contribution in [3.8, 4) is 0 Å². The van der Waals surface area contributed by atoms with Gasteiger partial charge in [0.2, 0.25) is 0 Å². The first-order chi connectivity index (χ1) is 8.65. The SMILES string of the molecule is Cn1ccc(C(O)c2cc3cccc(Br)c3o2)n1. The van der Waals surface area contributed by atoms with Gasteiger partial charge in [-0.2, -0.15) is 5.10 Å². The van der Waals surface area contributed by atoms with E-state index in [0.29, 0.717) is 11.5 Å². The number of rotatable bonds is 2. The molecule has 3 rings (SSSR count). The van der Waals surface area contributed by atoms with Crippen molar-refractivity contribution in [1.29, 1.82) is 0 Å². The summed E-state index contributed by atoms with van der Waals surface area (Å²) in [6.45, 7) is 0. The number of para-hydroxylation sites is 1. The van der Waals surface area contributed by atoms with E-state index in [-0.39, 0.29) is 0 Å². The topological polar surface area (TPSA) is 51.2 Å². The highest BCUT2D eigenvalue weighted by molar-refractivity contribution is 9.10. The highest BCUT2D eigenvalue weighted by Gasteiger charge is 2.18. The third-order valence-corrected chi connectivity index (χ3v) is 3.42. The lowest BCUT2D eigenvalue weighted by atomic mass is 10.2. The van der Waals surface area contributed by atoms with Crippen molar-refractivity contribution in [3.05, 3.63) is 52.5 Å². The minimum atomic E-state index is -0.842. The van der Waals surface area contributed by atoms with E-state index in [1.807, 2.05) is 31.3 Å². The Bertz CT molecular complexity index is 702. The van der Waals surface area contributed by atoms with Crippen LogP contribution in [0.25, 0.3) is 11.0 Å². The number of aliphatic hydroxyl groups is 1. The number of benzene rings is 1. The van der Waals surface area contributed by atoms with E-state index in [1.54, 1.807) is 16.9 Å². The summed E-state index contributed by atoms with van der Waals surface area (Å²) < 4.78 is 8.20. The Balaban J connectivity index is 2.06. The molecule has 0 amide bonds. The molecular formula is C13H11BrN2O2. The van der Waals surface area contributed by atoms with Gasteiger partial charge in [0.1, 0.15) is 11.3 Å². The summed E-state index contributed by atoms with van der Waals surface area (Å²) in [7, 11) is 1.81. The molecule has 0 aliphatic rings. The van der Waals surface area contributed by atoms with Crippen LogP contribution in [0.15, 0.2) is 45.4 Å². The number of nitrogens with zero attached hydrogens (tertiary/aromatic N) is 2. The summed E-state index contributed by atoms with van der Waals surface area (Å²) in [5.74, 6) is 0.496.